The molecule has 2 aromatic rings. The molecule has 0 bridgehead atoms. The Bertz CT molecular complexity index is 1040. The Morgan fingerprint density at radius 3 is 2.63 bits per heavy atom. The van der Waals surface area contributed by atoms with Crippen molar-refractivity contribution in [3.8, 4) is 0 Å². The molecule has 3 N–H and O–H groups in total. The summed E-state index contributed by atoms with van der Waals surface area (Å²) < 4.78 is 1.49. The Labute approximate surface area is 186 Å². The van der Waals surface area contributed by atoms with Crippen LogP contribution in [0.25, 0.3) is 0 Å². The van der Waals surface area contributed by atoms with Gasteiger partial charge in [0.15, 0.2) is 0 Å². The van der Waals surface area contributed by atoms with Crippen LogP contribution < -0.4 is 11.1 Å². The number of fused-ring (bicyclic) bond motifs is 1. The number of primary amides is 1. The summed E-state index contributed by atoms with van der Waals surface area (Å²) in [6, 6.07) is 0. The highest BCUT2D eigenvalue weighted by molar-refractivity contribution is 9.10. The number of nitro groups is 1. The van der Waals surface area contributed by atoms with Gasteiger partial charge in [-0.25, -0.2) is 0 Å². The summed E-state index contributed by atoms with van der Waals surface area (Å²) in [7, 11) is 0. The highest BCUT2D eigenvalue weighted by atomic mass is 79.9. The van der Waals surface area contributed by atoms with E-state index in [0.29, 0.717) is 22.2 Å². The Hall–Kier alpha value is -2.27. The molecule has 0 aliphatic heterocycles. The lowest BCUT2D eigenvalue weighted by Crippen LogP contribution is -2.27. The van der Waals surface area contributed by atoms with E-state index in [-0.39, 0.29) is 22.3 Å². The fraction of sp³-hybridized carbons (Fsp3) is 0.526. The molecule has 1 atom stereocenters. The summed E-state index contributed by atoms with van der Waals surface area (Å²) in [4.78, 5) is 36.3. The minimum absolute atomic E-state index is 0.150. The second kappa shape index (κ2) is 8.10. The van der Waals surface area contributed by atoms with Crippen molar-refractivity contribution in [3.05, 3.63) is 36.3 Å². The smallest absolute Gasteiger partial charge is 0.365 e. The third-order valence-electron chi connectivity index (χ3n) is 5.57. The maximum Gasteiger partial charge on any atom is 0.404 e. The second-order valence-electron chi connectivity index (χ2n) is 8.56. The molecule has 11 heteroatoms. The number of rotatable bonds is 5. The van der Waals surface area contributed by atoms with Gasteiger partial charge in [0, 0.05) is 4.88 Å². The number of nitrogens with zero attached hydrogens (tertiary/aromatic N) is 3. The molecule has 0 radical (unpaired) electrons. The average Bonchev–Trinajstić information content (AvgIpc) is 3.12. The van der Waals surface area contributed by atoms with Crippen LogP contribution in [0.15, 0.2) is 4.47 Å². The van der Waals surface area contributed by atoms with Crippen LogP contribution in [0.4, 0.5) is 10.8 Å². The van der Waals surface area contributed by atoms with Crippen molar-refractivity contribution in [2.75, 3.05) is 5.32 Å². The van der Waals surface area contributed by atoms with Gasteiger partial charge in [-0.05, 0) is 63.9 Å². The van der Waals surface area contributed by atoms with Crippen LogP contribution in [0.1, 0.15) is 53.7 Å². The first kappa shape index (κ1) is 22.4. The zero-order valence-corrected chi connectivity index (χ0v) is 19.6. The molecule has 1 aliphatic carbocycles. The fourth-order valence-electron chi connectivity index (χ4n) is 3.75. The zero-order chi connectivity index (χ0) is 22.4. The van der Waals surface area contributed by atoms with E-state index in [0.717, 1.165) is 29.7 Å². The molecule has 0 fully saturated rings. The number of aromatic nitrogens is 2. The van der Waals surface area contributed by atoms with Gasteiger partial charge in [0.05, 0.1) is 16.4 Å². The van der Waals surface area contributed by atoms with Crippen molar-refractivity contribution in [3.63, 3.8) is 0 Å². The van der Waals surface area contributed by atoms with Crippen LogP contribution in [0.3, 0.4) is 0 Å². The molecule has 0 saturated heterocycles. The van der Waals surface area contributed by atoms with E-state index in [1.54, 1.807) is 6.92 Å². The molecular formula is C19H24BrN5O4S. The van der Waals surface area contributed by atoms with Gasteiger partial charge >= 0.3 is 5.82 Å². The molecule has 30 heavy (non-hydrogen) atoms. The SMILES string of the molecule is Cc1c(Br)c([N+](=O)[O-])nn1CC(=O)Nc1sc2c(c1C(N)=O)CC[C@H](C(C)(C)C)C2. The number of halogens is 1. The number of hydrogen-bond donors (Lipinski definition) is 2. The Kier molecular flexibility index (Phi) is 6.06. The number of hydrogen-bond acceptors (Lipinski definition) is 6. The summed E-state index contributed by atoms with van der Waals surface area (Å²) in [5, 5.41) is 18.1. The summed E-state index contributed by atoms with van der Waals surface area (Å²) in [6.07, 6.45) is 2.56. The molecule has 162 valence electrons. The number of carbonyl (C=O) groups excluding carboxylic acids is 2. The number of amides is 2. The molecular weight excluding hydrogens is 474 g/mol. The highest BCUT2D eigenvalue weighted by Gasteiger charge is 2.34. The molecule has 0 saturated carbocycles. The Morgan fingerprint density at radius 2 is 2.10 bits per heavy atom. The minimum atomic E-state index is -0.615. The van der Waals surface area contributed by atoms with Gasteiger partial charge in [0.2, 0.25) is 5.91 Å². The highest BCUT2D eigenvalue weighted by Crippen LogP contribution is 2.44. The molecule has 9 nitrogen and oxygen atoms in total. The second-order valence-corrected chi connectivity index (χ2v) is 10.5. The standard InChI is InChI=1S/C19H24BrN5O4S/c1-9-15(20)17(25(28)29)23-24(9)8-13(26)22-18-14(16(21)27)11-6-5-10(19(2,3)4)7-12(11)30-18/h10H,5-8H2,1-4H3,(H2,21,27)(H,22,26)/t10-/m0/s1. The van der Waals surface area contributed by atoms with Crippen LogP contribution in [-0.4, -0.2) is 26.5 Å². The van der Waals surface area contributed by atoms with E-state index in [1.165, 1.54) is 16.0 Å². The monoisotopic (exact) mass is 497 g/mol. The molecule has 2 aromatic heterocycles. The van der Waals surface area contributed by atoms with Crippen LogP contribution >= 0.6 is 27.3 Å². The molecule has 1 aliphatic rings. The summed E-state index contributed by atoms with van der Waals surface area (Å²) in [5.41, 5.74) is 7.55. The normalized spacial score (nSPS) is 16.2. The van der Waals surface area contributed by atoms with Crippen molar-refractivity contribution in [1.29, 1.82) is 0 Å². The Balaban J connectivity index is 1.84. The lowest BCUT2D eigenvalue weighted by Gasteiger charge is -2.33. The molecule has 0 unspecified atom stereocenters. The number of carbonyl (C=O) groups is 2. The van der Waals surface area contributed by atoms with Crippen molar-refractivity contribution in [2.24, 2.45) is 17.1 Å². The molecule has 0 aromatic carbocycles. The lowest BCUT2D eigenvalue weighted by molar-refractivity contribution is -0.390. The maximum atomic E-state index is 12.6. The molecule has 2 heterocycles. The first-order valence-corrected chi connectivity index (χ1v) is 11.1. The van der Waals surface area contributed by atoms with Gasteiger partial charge in [-0.2, -0.15) is 4.68 Å². The first-order chi connectivity index (χ1) is 13.9. The summed E-state index contributed by atoms with van der Waals surface area (Å²) in [5.74, 6) is -0.863. The maximum absolute atomic E-state index is 12.6. The Morgan fingerprint density at radius 1 is 1.43 bits per heavy atom. The van der Waals surface area contributed by atoms with Crippen molar-refractivity contribution in [2.45, 2.75) is 53.5 Å². The third kappa shape index (κ3) is 4.27. The van der Waals surface area contributed by atoms with E-state index in [4.69, 9.17) is 5.73 Å². The lowest BCUT2D eigenvalue weighted by atomic mass is 9.72. The molecule has 2 amide bonds. The predicted molar refractivity (Wildman–Crippen MR) is 118 cm³/mol. The van der Waals surface area contributed by atoms with Crippen LogP contribution in [-0.2, 0) is 24.2 Å². The van der Waals surface area contributed by atoms with Gasteiger partial charge < -0.3 is 21.2 Å². The van der Waals surface area contributed by atoms with Crippen molar-refractivity contribution < 1.29 is 14.5 Å². The third-order valence-corrected chi connectivity index (χ3v) is 7.67. The van der Waals surface area contributed by atoms with Crippen molar-refractivity contribution in [1.82, 2.24) is 9.78 Å². The van der Waals surface area contributed by atoms with Crippen LogP contribution in [0, 0.1) is 28.4 Å². The van der Waals surface area contributed by atoms with Gasteiger partial charge in [0.25, 0.3) is 5.91 Å². The van der Waals surface area contributed by atoms with E-state index < -0.39 is 16.7 Å². The topological polar surface area (TPSA) is 133 Å². The van der Waals surface area contributed by atoms with Gasteiger partial charge in [0.1, 0.15) is 16.0 Å². The van der Waals surface area contributed by atoms with E-state index in [1.807, 2.05) is 0 Å². The largest absolute Gasteiger partial charge is 0.404 e. The molecule has 3 rings (SSSR count). The van der Waals surface area contributed by atoms with E-state index in [9.17, 15) is 19.7 Å². The van der Waals surface area contributed by atoms with Crippen LogP contribution in [0.2, 0.25) is 0 Å². The average molecular weight is 498 g/mol. The number of anilines is 1. The summed E-state index contributed by atoms with van der Waals surface area (Å²) in [6.45, 7) is 8.03. The quantitative estimate of drug-likeness (QED) is 0.478. The fourth-order valence-corrected chi connectivity index (χ4v) is 5.53. The van der Waals surface area contributed by atoms with Gasteiger partial charge in [-0.3, -0.25) is 9.59 Å². The van der Waals surface area contributed by atoms with E-state index in [2.05, 4.69) is 47.1 Å². The number of nitrogens with one attached hydrogen (secondary N) is 1. The van der Waals surface area contributed by atoms with Crippen molar-refractivity contribution >= 4 is 49.9 Å². The summed E-state index contributed by atoms with van der Waals surface area (Å²) >= 11 is 4.52. The van der Waals surface area contributed by atoms with Gasteiger partial charge in [-0.1, -0.05) is 20.8 Å². The van der Waals surface area contributed by atoms with Crippen LogP contribution in [0.5, 0.6) is 0 Å². The van der Waals surface area contributed by atoms with Gasteiger partial charge in [-0.15, -0.1) is 11.3 Å². The minimum Gasteiger partial charge on any atom is -0.365 e. The van der Waals surface area contributed by atoms with E-state index >= 15 is 0 Å². The molecule has 0 spiro atoms. The first-order valence-electron chi connectivity index (χ1n) is 9.51. The predicted octanol–water partition coefficient (Wildman–Crippen LogP) is 3.81. The number of thiophene rings is 1. The number of nitrogens with two attached hydrogens (primary N) is 1. The zero-order valence-electron chi connectivity index (χ0n) is 17.2.